The summed E-state index contributed by atoms with van der Waals surface area (Å²) in [6.07, 6.45) is 5.47. The normalized spacial score (nSPS) is 15.6. The smallest absolute Gasteiger partial charge is 0.254 e. The molecule has 1 fully saturated rings. The number of hydrogen-bond donors (Lipinski definition) is 1. The fraction of sp³-hybridized carbons (Fsp3) is 0.292. The average molecular weight is 451 g/mol. The minimum absolute atomic E-state index is 0.00605. The molecular weight excluding hydrogens is 424 g/mol. The molecule has 8 heteroatoms. The van der Waals surface area contributed by atoms with Crippen LogP contribution in [0.3, 0.4) is 0 Å². The summed E-state index contributed by atoms with van der Waals surface area (Å²) in [7, 11) is 3.54. The van der Waals surface area contributed by atoms with Crippen molar-refractivity contribution >= 4 is 29.3 Å². The molecule has 166 valence electrons. The highest BCUT2D eigenvalue weighted by atomic mass is 32.2. The molecule has 1 aliphatic rings. The van der Waals surface area contributed by atoms with Crippen molar-refractivity contribution in [3.8, 4) is 5.75 Å². The standard InChI is InChI=1S/C24H26N4O3S/c1-27-15-13-25-24(27)32-16-22(29)26-19-9-5-18(6-10-19)23(30)28-14-3-4-21(28)17-7-11-20(31-2)12-8-17/h5-13,15,21H,3-4,14,16H2,1-2H3,(H,26,29). The number of methoxy groups -OCH3 is 1. The number of ether oxygens (including phenoxy) is 1. The molecule has 0 aliphatic carbocycles. The first-order valence-corrected chi connectivity index (χ1v) is 11.5. The van der Waals surface area contributed by atoms with Crippen molar-refractivity contribution in [2.45, 2.75) is 24.0 Å². The number of likely N-dealkylation sites (tertiary alicyclic amines) is 1. The number of imidazole rings is 1. The number of carbonyl (C=O) groups is 2. The molecule has 1 aromatic heterocycles. The topological polar surface area (TPSA) is 76.5 Å². The summed E-state index contributed by atoms with van der Waals surface area (Å²) in [6, 6.07) is 15.1. The SMILES string of the molecule is COc1ccc(C2CCCN2C(=O)c2ccc(NC(=O)CSc3nccn3C)cc2)cc1. The Labute approximate surface area is 191 Å². The zero-order chi connectivity index (χ0) is 22.5. The van der Waals surface area contributed by atoms with Gasteiger partial charge >= 0.3 is 0 Å². The quantitative estimate of drug-likeness (QED) is 0.548. The number of nitrogens with zero attached hydrogens (tertiary/aromatic N) is 3. The third-order valence-corrected chi connectivity index (χ3v) is 6.60. The Kier molecular flexibility index (Phi) is 6.80. The van der Waals surface area contributed by atoms with Gasteiger partial charge in [0.2, 0.25) is 5.91 Å². The summed E-state index contributed by atoms with van der Waals surface area (Å²) in [6.45, 7) is 0.735. The van der Waals surface area contributed by atoms with Gasteiger partial charge in [0.15, 0.2) is 5.16 Å². The van der Waals surface area contributed by atoms with Crippen LogP contribution in [0.15, 0.2) is 66.1 Å². The molecule has 0 saturated carbocycles. The maximum atomic E-state index is 13.2. The predicted molar refractivity (Wildman–Crippen MR) is 125 cm³/mol. The lowest BCUT2D eigenvalue weighted by atomic mass is 10.0. The summed E-state index contributed by atoms with van der Waals surface area (Å²) in [5.41, 5.74) is 2.40. The van der Waals surface area contributed by atoms with Crippen LogP contribution in [0.2, 0.25) is 0 Å². The summed E-state index contributed by atoms with van der Waals surface area (Å²) in [5, 5.41) is 3.66. The van der Waals surface area contributed by atoms with Gasteiger partial charge in [-0.05, 0) is 54.8 Å². The molecule has 0 bridgehead atoms. The highest BCUT2D eigenvalue weighted by molar-refractivity contribution is 7.99. The van der Waals surface area contributed by atoms with Gasteiger partial charge in [-0.15, -0.1) is 0 Å². The van der Waals surface area contributed by atoms with E-state index >= 15 is 0 Å². The number of aromatic nitrogens is 2. The minimum Gasteiger partial charge on any atom is -0.497 e. The fourth-order valence-corrected chi connectivity index (χ4v) is 4.59. The summed E-state index contributed by atoms with van der Waals surface area (Å²) in [5.74, 6) is 0.964. The van der Waals surface area contributed by atoms with Crippen molar-refractivity contribution in [3.63, 3.8) is 0 Å². The molecule has 2 aromatic carbocycles. The molecule has 32 heavy (non-hydrogen) atoms. The third kappa shape index (κ3) is 4.96. The van der Waals surface area contributed by atoms with Gasteiger partial charge in [-0.1, -0.05) is 23.9 Å². The molecule has 7 nitrogen and oxygen atoms in total. The molecule has 1 N–H and O–H groups in total. The largest absolute Gasteiger partial charge is 0.497 e. The number of amides is 2. The molecule has 0 radical (unpaired) electrons. The summed E-state index contributed by atoms with van der Waals surface area (Å²) < 4.78 is 7.11. The van der Waals surface area contributed by atoms with Crippen LogP contribution in [0.4, 0.5) is 5.69 Å². The van der Waals surface area contributed by atoms with Gasteiger partial charge in [-0.3, -0.25) is 9.59 Å². The van der Waals surface area contributed by atoms with E-state index in [0.29, 0.717) is 11.3 Å². The Morgan fingerprint density at radius 1 is 1.16 bits per heavy atom. The highest BCUT2D eigenvalue weighted by Crippen LogP contribution is 2.34. The number of aryl methyl sites for hydroxylation is 1. The van der Waals surface area contributed by atoms with Crippen LogP contribution in [0, 0.1) is 0 Å². The second-order valence-electron chi connectivity index (χ2n) is 7.66. The number of nitrogens with one attached hydrogen (secondary N) is 1. The molecule has 1 atom stereocenters. The molecule has 0 spiro atoms. The van der Waals surface area contributed by atoms with Gasteiger partial charge in [0.25, 0.3) is 5.91 Å². The van der Waals surface area contributed by atoms with Crippen molar-refractivity contribution < 1.29 is 14.3 Å². The van der Waals surface area contributed by atoms with E-state index < -0.39 is 0 Å². The van der Waals surface area contributed by atoms with Crippen molar-refractivity contribution in [1.82, 2.24) is 14.5 Å². The first kappa shape index (κ1) is 22.0. The average Bonchev–Trinajstić information content (AvgIpc) is 3.47. The molecule has 2 heterocycles. The molecule has 3 aromatic rings. The number of carbonyl (C=O) groups excluding carboxylic acids is 2. The molecule has 1 aliphatic heterocycles. The van der Waals surface area contributed by atoms with Crippen molar-refractivity contribution in [2.24, 2.45) is 7.05 Å². The maximum absolute atomic E-state index is 13.2. The van der Waals surface area contributed by atoms with Gasteiger partial charge < -0.3 is 19.5 Å². The predicted octanol–water partition coefficient (Wildman–Crippen LogP) is 4.14. The molecule has 4 rings (SSSR count). The number of anilines is 1. The van der Waals surface area contributed by atoms with Crippen LogP contribution >= 0.6 is 11.8 Å². The Morgan fingerprint density at radius 2 is 1.91 bits per heavy atom. The van der Waals surface area contributed by atoms with Crippen LogP contribution in [0.25, 0.3) is 0 Å². The number of hydrogen-bond acceptors (Lipinski definition) is 5. The van der Waals surface area contributed by atoms with Crippen LogP contribution < -0.4 is 10.1 Å². The second kappa shape index (κ2) is 9.91. The lowest BCUT2D eigenvalue weighted by Gasteiger charge is -2.25. The number of thioether (sulfide) groups is 1. The Balaban J connectivity index is 1.36. The zero-order valence-corrected chi connectivity index (χ0v) is 19.0. The third-order valence-electron chi connectivity index (χ3n) is 5.54. The monoisotopic (exact) mass is 450 g/mol. The van der Waals surface area contributed by atoms with Gasteiger partial charge in [-0.25, -0.2) is 4.98 Å². The van der Waals surface area contributed by atoms with E-state index in [2.05, 4.69) is 10.3 Å². The van der Waals surface area contributed by atoms with E-state index in [-0.39, 0.29) is 23.6 Å². The first-order chi connectivity index (χ1) is 15.5. The highest BCUT2D eigenvalue weighted by Gasteiger charge is 2.30. The van der Waals surface area contributed by atoms with Gasteiger partial charge in [0.1, 0.15) is 5.75 Å². The number of benzene rings is 2. The lowest BCUT2D eigenvalue weighted by Crippen LogP contribution is -2.30. The number of rotatable bonds is 7. The van der Waals surface area contributed by atoms with Crippen molar-refractivity contribution in [3.05, 3.63) is 72.1 Å². The molecular formula is C24H26N4O3S. The van der Waals surface area contributed by atoms with E-state index in [1.807, 2.05) is 47.0 Å². The van der Waals surface area contributed by atoms with Gasteiger partial charge in [0, 0.05) is 37.2 Å². The van der Waals surface area contributed by atoms with Gasteiger partial charge in [0.05, 0.1) is 18.9 Å². The molecule has 2 amide bonds. The lowest BCUT2D eigenvalue weighted by molar-refractivity contribution is -0.113. The van der Waals surface area contributed by atoms with Crippen molar-refractivity contribution in [1.29, 1.82) is 0 Å². The van der Waals surface area contributed by atoms with E-state index in [0.717, 1.165) is 35.9 Å². The van der Waals surface area contributed by atoms with Crippen LogP contribution in [-0.4, -0.2) is 45.7 Å². The fourth-order valence-electron chi connectivity index (χ4n) is 3.86. The van der Waals surface area contributed by atoms with Gasteiger partial charge in [-0.2, -0.15) is 0 Å². The summed E-state index contributed by atoms with van der Waals surface area (Å²) in [4.78, 5) is 31.5. The first-order valence-electron chi connectivity index (χ1n) is 10.5. The van der Waals surface area contributed by atoms with E-state index in [4.69, 9.17) is 4.74 Å². The van der Waals surface area contributed by atoms with Crippen molar-refractivity contribution in [2.75, 3.05) is 24.7 Å². The molecule has 1 saturated heterocycles. The van der Waals surface area contributed by atoms with E-state index in [1.165, 1.54) is 11.8 Å². The summed E-state index contributed by atoms with van der Waals surface area (Å²) >= 11 is 1.38. The van der Waals surface area contributed by atoms with E-state index in [1.54, 1.807) is 37.6 Å². The zero-order valence-electron chi connectivity index (χ0n) is 18.2. The Morgan fingerprint density at radius 3 is 2.56 bits per heavy atom. The Bertz CT molecular complexity index is 1080. The van der Waals surface area contributed by atoms with E-state index in [9.17, 15) is 9.59 Å². The van der Waals surface area contributed by atoms with Crippen LogP contribution in [0.5, 0.6) is 5.75 Å². The maximum Gasteiger partial charge on any atom is 0.254 e. The molecule has 1 unspecified atom stereocenters. The minimum atomic E-state index is -0.115. The second-order valence-corrected chi connectivity index (χ2v) is 8.61. The Hall–Kier alpha value is -3.26. The van der Waals surface area contributed by atoms with Crippen LogP contribution in [0.1, 0.15) is 34.8 Å². The van der Waals surface area contributed by atoms with Crippen LogP contribution in [-0.2, 0) is 11.8 Å².